The largest absolute Gasteiger partial charge is 0.416 e. The molecule has 116 valence electrons. The summed E-state index contributed by atoms with van der Waals surface area (Å²) in [6, 6.07) is 1.63. The van der Waals surface area contributed by atoms with Crippen LogP contribution >= 0.6 is 23.2 Å². The van der Waals surface area contributed by atoms with Gasteiger partial charge < -0.3 is 0 Å². The van der Waals surface area contributed by atoms with Gasteiger partial charge in [0, 0.05) is 24.6 Å². The zero-order valence-corrected chi connectivity index (χ0v) is 12.6. The summed E-state index contributed by atoms with van der Waals surface area (Å²) in [6.07, 6.45) is -1.74. The summed E-state index contributed by atoms with van der Waals surface area (Å²) in [4.78, 5) is 11.4. The third-order valence-corrected chi connectivity index (χ3v) is 4.06. The number of hydrogen-bond acceptors (Lipinski definition) is 2. The van der Waals surface area contributed by atoms with Crippen molar-refractivity contribution in [2.24, 2.45) is 0 Å². The van der Waals surface area contributed by atoms with Crippen molar-refractivity contribution in [1.82, 2.24) is 9.78 Å². The van der Waals surface area contributed by atoms with Crippen LogP contribution in [0.2, 0.25) is 10.0 Å². The van der Waals surface area contributed by atoms with Crippen LogP contribution in [0.3, 0.4) is 0 Å². The maximum absolute atomic E-state index is 12.7. The molecule has 0 atom stereocenters. The monoisotopic (exact) mass is 348 g/mol. The van der Waals surface area contributed by atoms with Gasteiger partial charge >= 0.3 is 6.18 Å². The zero-order chi connectivity index (χ0) is 16.1. The van der Waals surface area contributed by atoms with Crippen LogP contribution in [0.5, 0.6) is 0 Å². The van der Waals surface area contributed by atoms with Crippen molar-refractivity contribution in [2.45, 2.75) is 25.4 Å². The van der Waals surface area contributed by atoms with Crippen LogP contribution in [0, 0.1) is 0 Å². The zero-order valence-electron chi connectivity index (χ0n) is 11.0. The van der Waals surface area contributed by atoms with Crippen LogP contribution < -0.4 is 0 Å². The van der Waals surface area contributed by atoms with Crippen LogP contribution in [0.25, 0.3) is 5.69 Å². The van der Waals surface area contributed by atoms with Gasteiger partial charge in [0.25, 0.3) is 0 Å². The fourth-order valence-electron chi connectivity index (χ4n) is 2.42. The highest BCUT2D eigenvalue weighted by atomic mass is 35.5. The highest BCUT2D eigenvalue weighted by Crippen LogP contribution is 2.37. The summed E-state index contributed by atoms with van der Waals surface area (Å²) in [5.74, 6) is 0.108. The molecular weight excluding hydrogens is 340 g/mol. The van der Waals surface area contributed by atoms with Gasteiger partial charge in [-0.1, -0.05) is 23.2 Å². The van der Waals surface area contributed by atoms with E-state index in [0.29, 0.717) is 12.8 Å². The lowest BCUT2D eigenvalue weighted by Crippen LogP contribution is -2.11. The van der Waals surface area contributed by atoms with Gasteiger partial charge in [0.2, 0.25) is 0 Å². The van der Waals surface area contributed by atoms with Crippen molar-refractivity contribution >= 4 is 29.0 Å². The molecule has 3 rings (SSSR count). The quantitative estimate of drug-likeness (QED) is 0.771. The van der Waals surface area contributed by atoms with Crippen molar-refractivity contribution in [1.29, 1.82) is 0 Å². The lowest BCUT2D eigenvalue weighted by Gasteiger charge is -2.12. The number of nitrogens with zero attached hydrogens (tertiary/aromatic N) is 2. The van der Waals surface area contributed by atoms with E-state index in [-0.39, 0.29) is 27.9 Å². The molecule has 2 aromatic rings. The number of ketones is 1. The number of rotatable bonds is 1. The van der Waals surface area contributed by atoms with E-state index in [1.54, 1.807) is 6.20 Å². The topological polar surface area (TPSA) is 34.9 Å². The Hall–Kier alpha value is -1.53. The predicted octanol–water partition coefficient (Wildman–Crippen LogP) is 4.26. The van der Waals surface area contributed by atoms with Gasteiger partial charge in [-0.2, -0.15) is 18.3 Å². The molecular formula is C14H9Cl2F3N2O. The van der Waals surface area contributed by atoms with Gasteiger partial charge in [0.1, 0.15) is 11.5 Å². The standard InChI is InChI=1S/C14H9Cl2F3N2O/c15-10-4-8(14(17,18)19)5-11(16)13(10)21-6-7-3-9(22)1-2-12(7)20-21/h4-6H,1-3H2. The van der Waals surface area contributed by atoms with E-state index in [9.17, 15) is 18.0 Å². The minimum atomic E-state index is -4.53. The summed E-state index contributed by atoms with van der Waals surface area (Å²) in [6.45, 7) is 0. The molecule has 0 amide bonds. The molecule has 0 aliphatic heterocycles. The van der Waals surface area contributed by atoms with Crippen molar-refractivity contribution in [3.8, 4) is 5.69 Å². The van der Waals surface area contributed by atoms with Crippen molar-refractivity contribution in [3.05, 3.63) is 45.2 Å². The van der Waals surface area contributed by atoms with E-state index >= 15 is 0 Å². The molecule has 0 spiro atoms. The number of halogens is 5. The number of fused-ring (bicyclic) bond motifs is 1. The maximum atomic E-state index is 12.7. The van der Waals surface area contributed by atoms with Crippen LogP contribution in [-0.2, 0) is 23.8 Å². The second-order valence-electron chi connectivity index (χ2n) is 5.05. The van der Waals surface area contributed by atoms with Gasteiger partial charge in [-0.15, -0.1) is 0 Å². The number of aryl methyl sites for hydroxylation is 1. The molecule has 0 unspecified atom stereocenters. The molecule has 1 heterocycles. The molecule has 8 heteroatoms. The normalized spacial score (nSPS) is 15.0. The Labute approximate surface area is 133 Å². The van der Waals surface area contributed by atoms with Gasteiger partial charge in [-0.3, -0.25) is 4.79 Å². The molecule has 0 saturated heterocycles. The second kappa shape index (κ2) is 5.28. The van der Waals surface area contributed by atoms with Gasteiger partial charge in [-0.05, 0) is 18.6 Å². The lowest BCUT2D eigenvalue weighted by molar-refractivity contribution is -0.137. The molecule has 1 aliphatic rings. The Morgan fingerprint density at radius 3 is 2.36 bits per heavy atom. The van der Waals surface area contributed by atoms with Crippen molar-refractivity contribution < 1.29 is 18.0 Å². The number of alkyl halides is 3. The number of carbonyl (C=O) groups excluding carboxylic acids is 1. The number of carbonyl (C=O) groups is 1. The molecule has 3 nitrogen and oxygen atoms in total. The SMILES string of the molecule is O=C1CCc2nn(-c3c(Cl)cc(C(F)(F)F)cc3Cl)cc2C1. The Balaban J connectivity index is 2.08. The molecule has 0 radical (unpaired) electrons. The van der Waals surface area contributed by atoms with Crippen LogP contribution in [0.4, 0.5) is 13.2 Å². The van der Waals surface area contributed by atoms with Gasteiger partial charge in [0.15, 0.2) is 0 Å². The summed E-state index contributed by atoms with van der Waals surface area (Å²) in [7, 11) is 0. The molecule has 1 aliphatic carbocycles. The van der Waals surface area contributed by atoms with Gasteiger partial charge in [-0.25, -0.2) is 4.68 Å². The Morgan fingerprint density at radius 1 is 1.14 bits per heavy atom. The number of hydrogen-bond donors (Lipinski definition) is 0. The van der Waals surface area contributed by atoms with Crippen molar-refractivity contribution in [2.75, 3.05) is 0 Å². The molecule has 0 saturated carbocycles. The molecule has 1 aromatic heterocycles. The second-order valence-corrected chi connectivity index (χ2v) is 5.86. The van der Waals surface area contributed by atoms with Crippen LogP contribution in [-0.4, -0.2) is 15.6 Å². The minimum absolute atomic E-state index is 0.108. The minimum Gasteiger partial charge on any atom is -0.299 e. The van der Waals surface area contributed by atoms with E-state index in [4.69, 9.17) is 23.2 Å². The first kappa shape index (κ1) is 15.4. The molecule has 0 fully saturated rings. The summed E-state index contributed by atoms with van der Waals surface area (Å²) in [5, 5.41) is 3.99. The van der Waals surface area contributed by atoms with E-state index < -0.39 is 11.7 Å². The van der Waals surface area contributed by atoms with Gasteiger partial charge in [0.05, 0.1) is 21.3 Å². The lowest BCUT2D eigenvalue weighted by atomic mass is 9.97. The van der Waals surface area contributed by atoms with E-state index in [1.165, 1.54) is 4.68 Å². The molecule has 22 heavy (non-hydrogen) atoms. The number of aromatic nitrogens is 2. The summed E-state index contributed by atoms with van der Waals surface area (Å²) >= 11 is 11.9. The van der Waals surface area contributed by atoms with E-state index in [1.807, 2.05) is 0 Å². The molecule has 1 aromatic carbocycles. The average Bonchev–Trinajstić information content (AvgIpc) is 2.79. The Kier molecular flexibility index (Phi) is 3.69. The van der Waals surface area contributed by atoms with Crippen molar-refractivity contribution in [3.63, 3.8) is 0 Å². The Morgan fingerprint density at radius 2 is 1.77 bits per heavy atom. The third-order valence-electron chi connectivity index (χ3n) is 3.48. The van der Waals surface area contributed by atoms with Crippen LogP contribution in [0.15, 0.2) is 18.3 Å². The first-order valence-corrected chi connectivity index (χ1v) is 7.17. The molecule has 0 N–H and O–H groups in total. The van der Waals surface area contributed by atoms with E-state index in [0.717, 1.165) is 23.4 Å². The maximum Gasteiger partial charge on any atom is 0.416 e. The van der Waals surface area contributed by atoms with Crippen LogP contribution in [0.1, 0.15) is 23.2 Å². The number of benzene rings is 1. The Bertz CT molecular complexity index is 745. The molecule has 0 bridgehead atoms. The smallest absolute Gasteiger partial charge is 0.299 e. The fraction of sp³-hybridized carbons (Fsp3) is 0.286. The first-order valence-electron chi connectivity index (χ1n) is 6.41. The highest BCUT2D eigenvalue weighted by Gasteiger charge is 2.32. The average molecular weight is 349 g/mol. The predicted molar refractivity (Wildman–Crippen MR) is 75.6 cm³/mol. The summed E-state index contributed by atoms with van der Waals surface area (Å²) in [5.41, 5.74) is 0.756. The first-order chi connectivity index (χ1) is 10.3. The van der Waals surface area contributed by atoms with E-state index in [2.05, 4.69) is 5.10 Å². The summed E-state index contributed by atoms with van der Waals surface area (Å²) < 4.78 is 39.5. The number of Topliss-reactive ketones (excluding diaryl/α,β-unsaturated/α-hetero) is 1. The third kappa shape index (κ3) is 2.73. The highest BCUT2D eigenvalue weighted by molar-refractivity contribution is 6.37. The fourth-order valence-corrected chi connectivity index (χ4v) is 3.08.